The third kappa shape index (κ3) is 3.31. The molecule has 0 radical (unpaired) electrons. The van der Waals surface area contributed by atoms with Gasteiger partial charge in [-0.2, -0.15) is 0 Å². The van der Waals surface area contributed by atoms with Crippen molar-refractivity contribution in [2.75, 3.05) is 11.1 Å². The SMILES string of the molecule is CC(C)(CC(N)=O)Nc1c(N)cccc1Cl. The maximum atomic E-state index is 10.9. The van der Waals surface area contributed by atoms with E-state index in [4.69, 9.17) is 23.1 Å². The first-order chi connectivity index (χ1) is 7.32. The number of nitrogens with two attached hydrogens (primary N) is 2. The number of hydrogen-bond donors (Lipinski definition) is 3. The smallest absolute Gasteiger partial charge is 0.219 e. The van der Waals surface area contributed by atoms with Crippen LogP contribution in [0.5, 0.6) is 0 Å². The molecule has 1 rings (SSSR count). The molecule has 0 atom stereocenters. The van der Waals surface area contributed by atoms with E-state index in [9.17, 15) is 4.79 Å². The first-order valence-electron chi connectivity index (χ1n) is 4.92. The molecule has 0 aliphatic carbocycles. The van der Waals surface area contributed by atoms with Gasteiger partial charge in [-0.15, -0.1) is 0 Å². The topological polar surface area (TPSA) is 81.1 Å². The molecule has 1 amide bonds. The number of para-hydroxylation sites is 1. The third-order valence-corrected chi connectivity index (χ3v) is 2.44. The van der Waals surface area contributed by atoms with Crippen molar-refractivity contribution in [2.45, 2.75) is 25.8 Å². The summed E-state index contributed by atoms with van der Waals surface area (Å²) in [7, 11) is 0. The van der Waals surface area contributed by atoms with Crippen LogP contribution in [0.3, 0.4) is 0 Å². The second kappa shape index (κ2) is 4.61. The fourth-order valence-electron chi connectivity index (χ4n) is 1.49. The zero-order chi connectivity index (χ0) is 12.3. The van der Waals surface area contributed by atoms with Crippen molar-refractivity contribution >= 4 is 28.9 Å². The summed E-state index contributed by atoms with van der Waals surface area (Å²) >= 11 is 6.01. The second-order valence-electron chi connectivity index (χ2n) is 4.36. The zero-order valence-electron chi connectivity index (χ0n) is 9.38. The van der Waals surface area contributed by atoms with Crippen molar-refractivity contribution in [1.82, 2.24) is 0 Å². The molecule has 5 N–H and O–H groups in total. The number of nitrogen functional groups attached to an aromatic ring is 1. The molecule has 0 saturated heterocycles. The van der Waals surface area contributed by atoms with Crippen molar-refractivity contribution in [3.05, 3.63) is 23.2 Å². The van der Waals surface area contributed by atoms with E-state index in [-0.39, 0.29) is 12.3 Å². The lowest BCUT2D eigenvalue weighted by Crippen LogP contribution is -2.36. The molecule has 0 bridgehead atoms. The lowest BCUT2D eigenvalue weighted by molar-refractivity contribution is -0.118. The van der Waals surface area contributed by atoms with Gasteiger partial charge >= 0.3 is 0 Å². The zero-order valence-corrected chi connectivity index (χ0v) is 10.1. The molecule has 4 nitrogen and oxygen atoms in total. The number of carbonyl (C=O) groups is 1. The summed E-state index contributed by atoms with van der Waals surface area (Å²) in [4.78, 5) is 10.9. The maximum Gasteiger partial charge on any atom is 0.219 e. The van der Waals surface area contributed by atoms with Gasteiger partial charge in [-0.25, -0.2) is 0 Å². The van der Waals surface area contributed by atoms with Gasteiger partial charge in [0.1, 0.15) is 0 Å². The minimum atomic E-state index is -0.481. The van der Waals surface area contributed by atoms with Gasteiger partial charge in [0.15, 0.2) is 0 Å². The number of benzene rings is 1. The summed E-state index contributed by atoms with van der Waals surface area (Å²) < 4.78 is 0. The second-order valence-corrected chi connectivity index (χ2v) is 4.76. The first kappa shape index (κ1) is 12.6. The van der Waals surface area contributed by atoms with Crippen molar-refractivity contribution in [3.8, 4) is 0 Å². The normalized spacial score (nSPS) is 11.2. The molecule has 1 aromatic rings. The van der Waals surface area contributed by atoms with Gasteiger partial charge in [0.05, 0.1) is 16.4 Å². The average Bonchev–Trinajstić information content (AvgIpc) is 2.09. The highest BCUT2D eigenvalue weighted by molar-refractivity contribution is 6.33. The quantitative estimate of drug-likeness (QED) is 0.705. The molecule has 5 heteroatoms. The molecule has 0 heterocycles. The van der Waals surface area contributed by atoms with E-state index < -0.39 is 5.54 Å². The predicted molar refractivity (Wildman–Crippen MR) is 67.4 cm³/mol. The van der Waals surface area contributed by atoms with Crippen LogP contribution in [0, 0.1) is 0 Å². The Labute approximate surface area is 100.0 Å². The minimum absolute atomic E-state index is 0.206. The van der Waals surface area contributed by atoms with Crippen LogP contribution in [0.4, 0.5) is 11.4 Å². The molecular formula is C11H16ClN3O. The molecule has 0 unspecified atom stereocenters. The Morgan fingerprint density at radius 3 is 2.62 bits per heavy atom. The molecule has 0 fully saturated rings. The lowest BCUT2D eigenvalue weighted by Gasteiger charge is -2.27. The Bertz CT molecular complexity index is 384. The molecular weight excluding hydrogens is 226 g/mol. The van der Waals surface area contributed by atoms with Gasteiger partial charge in [0.25, 0.3) is 0 Å². The summed E-state index contributed by atoms with van der Waals surface area (Å²) in [6.07, 6.45) is 0.206. The molecule has 16 heavy (non-hydrogen) atoms. The van der Waals surface area contributed by atoms with Crippen molar-refractivity contribution in [3.63, 3.8) is 0 Å². The standard InChI is InChI=1S/C11H16ClN3O/c1-11(2,6-9(14)16)15-10-7(12)4-3-5-8(10)13/h3-5,15H,6,13H2,1-2H3,(H2,14,16). The Balaban J connectivity index is 2.91. The molecule has 0 aliphatic heterocycles. The Morgan fingerprint density at radius 2 is 2.12 bits per heavy atom. The number of primary amides is 1. The van der Waals surface area contributed by atoms with Crippen LogP contribution in [0.25, 0.3) is 0 Å². The van der Waals surface area contributed by atoms with Crippen LogP contribution in [0.15, 0.2) is 18.2 Å². The Kier molecular flexibility index (Phi) is 3.65. The van der Waals surface area contributed by atoms with E-state index in [1.165, 1.54) is 0 Å². The number of carbonyl (C=O) groups excluding carboxylic acids is 1. The maximum absolute atomic E-state index is 10.9. The van der Waals surface area contributed by atoms with Gasteiger partial charge in [-0.3, -0.25) is 4.79 Å². The van der Waals surface area contributed by atoms with Crippen LogP contribution < -0.4 is 16.8 Å². The van der Waals surface area contributed by atoms with E-state index in [1.54, 1.807) is 18.2 Å². The van der Waals surface area contributed by atoms with E-state index in [0.29, 0.717) is 16.4 Å². The van der Waals surface area contributed by atoms with E-state index >= 15 is 0 Å². The molecule has 0 saturated carbocycles. The summed E-state index contributed by atoms with van der Waals surface area (Å²) in [5.41, 5.74) is 11.7. The molecule has 88 valence electrons. The highest BCUT2D eigenvalue weighted by atomic mass is 35.5. The Morgan fingerprint density at radius 1 is 1.50 bits per heavy atom. The van der Waals surface area contributed by atoms with E-state index in [1.807, 2.05) is 13.8 Å². The monoisotopic (exact) mass is 241 g/mol. The fourth-order valence-corrected chi connectivity index (χ4v) is 1.72. The van der Waals surface area contributed by atoms with Crippen LogP contribution in [0.2, 0.25) is 5.02 Å². The Hall–Kier alpha value is -1.42. The van der Waals surface area contributed by atoms with Crippen molar-refractivity contribution in [1.29, 1.82) is 0 Å². The van der Waals surface area contributed by atoms with Gasteiger partial charge in [0, 0.05) is 12.0 Å². The average molecular weight is 242 g/mol. The fraction of sp³-hybridized carbons (Fsp3) is 0.364. The minimum Gasteiger partial charge on any atom is -0.397 e. The molecule has 1 aromatic carbocycles. The summed E-state index contributed by atoms with van der Waals surface area (Å²) in [6.45, 7) is 3.72. The summed E-state index contributed by atoms with van der Waals surface area (Å²) in [5.74, 6) is -0.372. The lowest BCUT2D eigenvalue weighted by atomic mass is 9.99. The van der Waals surface area contributed by atoms with Gasteiger partial charge in [-0.1, -0.05) is 17.7 Å². The number of hydrogen-bond acceptors (Lipinski definition) is 3. The summed E-state index contributed by atoms with van der Waals surface area (Å²) in [6, 6.07) is 5.25. The van der Waals surface area contributed by atoms with Crippen LogP contribution in [-0.4, -0.2) is 11.4 Å². The van der Waals surface area contributed by atoms with Gasteiger partial charge in [-0.05, 0) is 26.0 Å². The van der Waals surface area contributed by atoms with Crippen LogP contribution in [-0.2, 0) is 4.79 Å². The van der Waals surface area contributed by atoms with E-state index in [0.717, 1.165) is 0 Å². The van der Waals surface area contributed by atoms with Crippen LogP contribution in [0.1, 0.15) is 20.3 Å². The van der Waals surface area contributed by atoms with Gasteiger partial charge < -0.3 is 16.8 Å². The molecule has 0 aliphatic rings. The predicted octanol–water partition coefficient (Wildman–Crippen LogP) is 1.99. The third-order valence-electron chi connectivity index (χ3n) is 2.13. The number of nitrogens with one attached hydrogen (secondary N) is 1. The highest BCUT2D eigenvalue weighted by Gasteiger charge is 2.22. The van der Waals surface area contributed by atoms with E-state index in [2.05, 4.69) is 5.32 Å². The van der Waals surface area contributed by atoms with Crippen molar-refractivity contribution in [2.24, 2.45) is 5.73 Å². The molecule has 0 spiro atoms. The van der Waals surface area contributed by atoms with Crippen LogP contribution >= 0.6 is 11.6 Å². The highest BCUT2D eigenvalue weighted by Crippen LogP contribution is 2.31. The van der Waals surface area contributed by atoms with Gasteiger partial charge in [0.2, 0.25) is 5.91 Å². The largest absolute Gasteiger partial charge is 0.397 e. The first-order valence-corrected chi connectivity index (χ1v) is 5.30. The number of halogens is 1. The number of rotatable bonds is 4. The van der Waals surface area contributed by atoms with Crippen molar-refractivity contribution < 1.29 is 4.79 Å². The number of amides is 1. The summed E-state index contributed by atoms with van der Waals surface area (Å²) in [5, 5.41) is 3.65. The molecule has 0 aromatic heterocycles. The number of anilines is 2.